The number of nitrogens with zero attached hydrogens (tertiary/aromatic N) is 3. The minimum absolute atomic E-state index is 0.0000992. The first kappa shape index (κ1) is 23.3. The molecule has 0 aliphatic carbocycles. The van der Waals surface area contributed by atoms with Crippen LogP contribution in [0.3, 0.4) is 0 Å². The number of carbonyl (C=O) groups is 2. The molecule has 1 aliphatic rings. The van der Waals surface area contributed by atoms with Gasteiger partial charge in [-0.3, -0.25) is 4.79 Å². The van der Waals surface area contributed by atoms with E-state index < -0.39 is 12.1 Å². The second kappa shape index (κ2) is 10.8. The number of benzene rings is 1. The average molecular weight is 444 g/mol. The van der Waals surface area contributed by atoms with Crippen molar-refractivity contribution in [3.05, 3.63) is 35.8 Å². The summed E-state index contributed by atoms with van der Waals surface area (Å²) in [6, 6.07) is 5.45. The highest BCUT2D eigenvalue weighted by Gasteiger charge is 2.32. The van der Waals surface area contributed by atoms with Crippen LogP contribution in [-0.4, -0.2) is 62.4 Å². The number of aromatic nitrogens is 2. The molecular formula is C22H28N4O6. The molecule has 1 atom stereocenters. The van der Waals surface area contributed by atoms with E-state index >= 15 is 0 Å². The number of rotatable bonds is 9. The van der Waals surface area contributed by atoms with Crippen molar-refractivity contribution in [1.82, 2.24) is 9.97 Å². The first-order chi connectivity index (χ1) is 15.5. The van der Waals surface area contributed by atoms with Gasteiger partial charge in [-0.25, -0.2) is 14.8 Å². The molecule has 1 fully saturated rings. The fourth-order valence-corrected chi connectivity index (χ4v) is 3.45. The van der Waals surface area contributed by atoms with Gasteiger partial charge < -0.3 is 29.2 Å². The number of carbonyl (C=O) groups excluding carboxylic acids is 2. The van der Waals surface area contributed by atoms with Crippen LogP contribution in [0.25, 0.3) is 0 Å². The fraction of sp³-hybridized carbons (Fsp3) is 0.455. The molecular weight excluding hydrogens is 416 g/mol. The summed E-state index contributed by atoms with van der Waals surface area (Å²) in [4.78, 5) is 35.3. The van der Waals surface area contributed by atoms with Crippen molar-refractivity contribution in [3.63, 3.8) is 0 Å². The molecule has 1 N–H and O–H groups in total. The van der Waals surface area contributed by atoms with Gasteiger partial charge >= 0.3 is 5.97 Å². The normalized spacial score (nSPS) is 15.2. The molecule has 2 heterocycles. The zero-order valence-electron chi connectivity index (χ0n) is 18.7. The standard InChI is InChI=1S/C22H28N4O6/c1-5-31-22(28)18-19(26(2)21(27)16-7-6-10-32-16)20(25-13-24-18)23-12-14-8-9-15(29-3)11-17(14)30-4/h8-9,11,13,16H,5-7,10,12H2,1-4H3,(H,23,24,25). The highest BCUT2D eigenvalue weighted by atomic mass is 16.5. The smallest absolute Gasteiger partial charge is 0.359 e. The number of esters is 1. The Morgan fingerprint density at radius 3 is 2.72 bits per heavy atom. The van der Waals surface area contributed by atoms with E-state index in [9.17, 15) is 9.59 Å². The average Bonchev–Trinajstić information content (AvgIpc) is 3.36. The molecule has 2 aromatic rings. The maximum Gasteiger partial charge on any atom is 0.359 e. The Hall–Kier alpha value is -3.40. The zero-order chi connectivity index (χ0) is 23.1. The highest BCUT2D eigenvalue weighted by molar-refractivity contribution is 6.05. The molecule has 1 saturated heterocycles. The SMILES string of the molecule is CCOC(=O)c1ncnc(NCc2ccc(OC)cc2OC)c1N(C)C(=O)C1CCCO1. The number of likely N-dealkylation sites (N-methyl/N-ethyl adjacent to an activating group) is 1. The maximum absolute atomic E-state index is 13.0. The van der Waals surface area contributed by atoms with Crippen molar-refractivity contribution < 1.29 is 28.5 Å². The summed E-state index contributed by atoms with van der Waals surface area (Å²) in [6.45, 7) is 2.73. The van der Waals surface area contributed by atoms with E-state index in [4.69, 9.17) is 18.9 Å². The molecule has 0 saturated carbocycles. The molecule has 0 spiro atoms. The fourth-order valence-electron chi connectivity index (χ4n) is 3.45. The predicted octanol–water partition coefficient (Wildman–Crippen LogP) is 2.42. The van der Waals surface area contributed by atoms with Crippen molar-refractivity contribution in [3.8, 4) is 11.5 Å². The summed E-state index contributed by atoms with van der Waals surface area (Å²) in [5, 5.41) is 3.19. The van der Waals surface area contributed by atoms with Gasteiger partial charge in [-0.05, 0) is 31.9 Å². The second-order valence-electron chi connectivity index (χ2n) is 7.07. The molecule has 1 unspecified atom stereocenters. The number of nitrogens with one attached hydrogen (secondary N) is 1. The monoisotopic (exact) mass is 444 g/mol. The van der Waals surface area contributed by atoms with Crippen molar-refractivity contribution in [2.24, 2.45) is 0 Å². The minimum Gasteiger partial charge on any atom is -0.497 e. The van der Waals surface area contributed by atoms with Crippen LogP contribution in [0, 0.1) is 0 Å². The Morgan fingerprint density at radius 2 is 2.06 bits per heavy atom. The van der Waals surface area contributed by atoms with Crippen LogP contribution in [0.4, 0.5) is 11.5 Å². The quantitative estimate of drug-likeness (QED) is 0.583. The lowest BCUT2D eigenvalue weighted by molar-refractivity contribution is -0.127. The Balaban J connectivity index is 1.93. The second-order valence-corrected chi connectivity index (χ2v) is 7.07. The summed E-state index contributed by atoms with van der Waals surface area (Å²) in [7, 11) is 4.73. The van der Waals surface area contributed by atoms with Gasteiger partial charge in [-0.2, -0.15) is 0 Å². The summed E-state index contributed by atoms with van der Waals surface area (Å²) >= 11 is 0. The number of hydrogen-bond acceptors (Lipinski definition) is 9. The number of ether oxygens (including phenoxy) is 4. The third-order valence-electron chi connectivity index (χ3n) is 5.10. The van der Waals surface area contributed by atoms with Crippen molar-refractivity contribution in [1.29, 1.82) is 0 Å². The Kier molecular flexibility index (Phi) is 7.82. The molecule has 10 nitrogen and oxygen atoms in total. The van der Waals surface area contributed by atoms with E-state index in [1.165, 1.54) is 11.2 Å². The van der Waals surface area contributed by atoms with Crippen LogP contribution in [0.2, 0.25) is 0 Å². The van der Waals surface area contributed by atoms with E-state index in [0.717, 1.165) is 12.0 Å². The third kappa shape index (κ3) is 5.08. The summed E-state index contributed by atoms with van der Waals surface area (Å²) < 4.78 is 21.4. The van der Waals surface area contributed by atoms with Crippen molar-refractivity contribution >= 4 is 23.4 Å². The minimum atomic E-state index is -0.637. The highest BCUT2D eigenvalue weighted by Crippen LogP contribution is 2.31. The van der Waals surface area contributed by atoms with Gasteiger partial charge in [-0.15, -0.1) is 0 Å². The van der Waals surface area contributed by atoms with Crippen LogP contribution in [0.15, 0.2) is 24.5 Å². The van der Waals surface area contributed by atoms with Crippen LogP contribution in [0.5, 0.6) is 11.5 Å². The Labute approximate surface area is 186 Å². The van der Waals surface area contributed by atoms with Gasteiger partial charge in [0.25, 0.3) is 5.91 Å². The zero-order valence-corrected chi connectivity index (χ0v) is 18.7. The van der Waals surface area contributed by atoms with E-state index in [-0.39, 0.29) is 23.9 Å². The van der Waals surface area contributed by atoms with E-state index in [1.54, 1.807) is 34.3 Å². The lowest BCUT2D eigenvalue weighted by Gasteiger charge is -2.24. The topological polar surface area (TPSA) is 112 Å². The molecule has 1 amide bonds. The number of amides is 1. The Morgan fingerprint density at radius 1 is 1.25 bits per heavy atom. The lowest BCUT2D eigenvalue weighted by atomic mass is 10.1. The van der Waals surface area contributed by atoms with Gasteiger partial charge in [-0.1, -0.05) is 0 Å². The molecule has 32 heavy (non-hydrogen) atoms. The molecule has 0 radical (unpaired) electrons. The molecule has 3 rings (SSSR count). The van der Waals surface area contributed by atoms with Crippen molar-refractivity contribution in [2.75, 3.05) is 44.7 Å². The molecule has 1 aliphatic heterocycles. The van der Waals surface area contributed by atoms with Gasteiger partial charge in [0.05, 0.1) is 20.8 Å². The largest absolute Gasteiger partial charge is 0.497 e. The number of methoxy groups -OCH3 is 2. The van der Waals surface area contributed by atoms with Crippen LogP contribution in [-0.2, 0) is 20.8 Å². The molecule has 1 aromatic heterocycles. The molecule has 1 aromatic carbocycles. The first-order valence-corrected chi connectivity index (χ1v) is 10.4. The summed E-state index contributed by atoms with van der Waals surface area (Å²) in [6.07, 6.45) is 2.12. The third-order valence-corrected chi connectivity index (χ3v) is 5.10. The lowest BCUT2D eigenvalue weighted by Crippen LogP contribution is -2.37. The van der Waals surface area contributed by atoms with Crippen molar-refractivity contribution in [2.45, 2.75) is 32.4 Å². The van der Waals surface area contributed by atoms with Gasteiger partial charge in [0, 0.05) is 31.8 Å². The summed E-state index contributed by atoms with van der Waals surface area (Å²) in [5.41, 5.74) is 1.07. The van der Waals surface area contributed by atoms with Gasteiger partial charge in [0.2, 0.25) is 0 Å². The first-order valence-electron chi connectivity index (χ1n) is 10.4. The van der Waals surface area contributed by atoms with Gasteiger partial charge in [0.15, 0.2) is 11.5 Å². The Bertz CT molecular complexity index is 961. The maximum atomic E-state index is 13.0. The van der Waals surface area contributed by atoms with Crippen LogP contribution >= 0.6 is 0 Å². The van der Waals surface area contributed by atoms with Gasteiger partial charge in [0.1, 0.15) is 29.6 Å². The summed E-state index contributed by atoms with van der Waals surface area (Å²) in [5.74, 6) is 0.700. The number of anilines is 2. The van der Waals surface area contributed by atoms with Crippen LogP contribution < -0.4 is 19.7 Å². The molecule has 0 bridgehead atoms. The van der Waals surface area contributed by atoms with Crippen LogP contribution in [0.1, 0.15) is 35.8 Å². The van der Waals surface area contributed by atoms with E-state index in [0.29, 0.717) is 36.9 Å². The van der Waals surface area contributed by atoms with E-state index in [1.807, 2.05) is 12.1 Å². The number of hydrogen-bond donors (Lipinski definition) is 1. The van der Waals surface area contributed by atoms with E-state index in [2.05, 4.69) is 15.3 Å². The molecule has 172 valence electrons. The molecule has 10 heteroatoms. The predicted molar refractivity (Wildman–Crippen MR) is 117 cm³/mol.